The summed E-state index contributed by atoms with van der Waals surface area (Å²) in [5, 5.41) is 3.17. The van der Waals surface area contributed by atoms with Gasteiger partial charge in [0.05, 0.1) is 12.7 Å². The summed E-state index contributed by atoms with van der Waals surface area (Å²) in [6.07, 6.45) is 0. The molecule has 1 N–H and O–H groups in total. The second-order valence-electron chi connectivity index (χ2n) is 7.09. The van der Waals surface area contributed by atoms with Crippen LogP contribution >= 0.6 is 0 Å². The van der Waals surface area contributed by atoms with Crippen LogP contribution in [0.5, 0.6) is 5.75 Å². The van der Waals surface area contributed by atoms with Gasteiger partial charge in [0.1, 0.15) is 11.4 Å². The number of para-hydroxylation sites is 1. The molecule has 2 amide bonds. The van der Waals surface area contributed by atoms with Crippen molar-refractivity contribution in [3.63, 3.8) is 0 Å². The lowest BCUT2D eigenvalue weighted by molar-refractivity contribution is -0.138. The van der Waals surface area contributed by atoms with Crippen molar-refractivity contribution in [3.05, 3.63) is 59.8 Å². The number of nitrogens with zero attached hydrogens (tertiary/aromatic N) is 2. The van der Waals surface area contributed by atoms with E-state index in [-0.39, 0.29) is 23.6 Å². The zero-order valence-electron chi connectivity index (χ0n) is 16.8. The quantitative estimate of drug-likeness (QED) is 0.780. The zero-order valence-corrected chi connectivity index (χ0v) is 16.8. The molecule has 1 aliphatic rings. The molecule has 1 aliphatic heterocycles. The number of benzene rings is 2. The summed E-state index contributed by atoms with van der Waals surface area (Å²) in [7, 11) is 5.47. The number of anilines is 2. The Morgan fingerprint density at radius 2 is 1.61 bits per heavy atom. The van der Waals surface area contributed by atoms with Gasteiger partial charge in [0.2, 0.25) is 0 Å². The predicted octanol–water partition coefficient (Wildman–Crippen LogP) is 3.36. The second kappa shape index (κ2) is 7.76. The van der Waals surface area contributed by atoms with Crippen molar-refractivity contribution in [2.75, 3.05) is 31.4 Å². The smallest absolute Gasteiger partial charge is 0.278 e. The fraction of sp³-hybridized carbons (Fsp3) is 0.273. The van der Waals surface area contributed by atoms with E-state index in [1.807, 2.05) is 69.2 Å². The van der Waals surface area contributed by atoms with E-state index in [2.05, 4.69) is 5.32 Å². The standard InChI is InChI=1S/C22H25N3O3/c1-14(2)25-21(26)19(17-8-6-7-9-18(17)28-5)20(22(25)27)23-15-10-12-16(13-11-15)24(3)4/h6-14,23H,1-5H3. The highest BCUT2D eigenvalue weighted by molar-refractivity contribution is 6.37. The van der Waals surface area contributed by atoms with Crippen LogP contribution in [0.1, 0.15) is 19.4 Å². The summed E-state index contributed by atoms with van der Waals surface area (Å²) >= 11 is 0. The molecule has 0 saturated heterocycles. The van der Waals surface area contributed by atoms with Gasteiger partial charge in [-0.05, 0) is 44.2 Å². The molecule has 146 valence electrons. The monoisotopic (exact) mass is 379 g/mol. The Labute approximate surface area is 165 Å². The Hall–Kier alpha value is -3.28. The van der Waals surface area contributed by atoms with Crippen molar-refractivity contribution in [2.24, 2.45) is 0 Å². The van der Waals surface area contributed by atoms with Gasteiger partial charge in [0.15, 0.2) is 0 Å². The maximum absolute atomic E-state index is 13.1. The Balaban J connectivity index is 2.09. The maximum atomic E-state index is 13.1. The minimum absolute atomic E-state index is 0.250. The molecule has 0 aliphatic carbocycles. The summed E-state index contributed by atoms with van der Waals surface area (Å²) in [6.45, 7) is 3.65. The van der Waals surface area contributed by atoms with Crippen LogP contribution in [0.25, 0.3) is 5.57 Å². The number of hydrogen-bond donors (Lipinski definition) is 1. The first kappa shape index (κ1) is 19.5. The zero-order chi connectivity index (χ0) is 20.4. The predicted molar refractivity (Wildman–Crippen MR) is 111 cm³/mol. The normalized spacial score (nSPS) is 14.1. The van der Waals surface area contributed by atoms with Gasteiger partial charge in [0.25, 0.3) is 11.8 Å². The van der Waals surface area contributed by atoms with Crippen LogP contribution in [0, 0.1) is 0 Å². The van der Waals surface area contributed by atoms with Gasteiger partial charge in [-0.25, -0.2) is 0 Å². The van der Waals surface area contributed by atoms with Gasteiger partial charge in [-0.1, -0.05) is 18.2 Å². The number of hydrogen-bond acceptors (Lipinski definition) is 5. The second-order valence-corrected chi connectivity index (χ2v) is 7.09. The van der Waals surface area contributed by atoms with Crippen LogP contribution in [-0.4, -0.2) is 44.0 Å². The average Bonchev–Trinajstić information content (AvgIpc) is 2.92. The van der Waals surface area contributed by atoms with E-state index in [4.69, 9.17) is 4.74 Å². The topological polar surface area (TPSA) is 61.9 Å². The molecule has 2 aromatic rings. The summed E-state index contributed by atoms with van der Waals surface area (Å²) in [6, 6.07) is 14.7. The van der Waals surface area contributed by atoms with Crippen LogP contribution in [0.3, 0.4) is 0 Å². The Morgan fingerprint density at radius 3 is 2.18 bits per heavy atom. The first-order valence-corrected chi connectivity index (χ1v) is 9.15. The molecule has 0 fully saturated rings. The van der Waals surface area contributed by atoms with Crippen LogP contribution < -0.4 is 15.0 Å². The van der Waals surface area contributed by atoms with Gasteiger partial charge in [-0.15, -0.1) is 0 Å². The van der Waals surface area contributed by atoms with E-state index in [1.165, 1.54) is 4.90 Å². The highest BCUT2D eigenvalue weighted by Crippen LogP contribution is 2.36. The van der Waals surface area contributed by atoms with E-state index in [1.54, 1.807) is 19.2 Å². The molecule has 28 heavy (non-hydrogen) atoms. The summed E-state index contributed by atoms with van der Waals surface area (Å²) in [5.41, 5.74) is 2.97. The van der Waals surface area contributed by atoms with Gasteiger partial charge < -0.3 is 15.0 Å². The first-order chi connectivity index (χ1) is 13.3. The van der Waals surface area contributed by atoms with Crippen molar-refractivity contribution in [2.45, 2.75) is 19.9 Å². The van der Waals surface area contributed by atoms with Gasteiger partial charge in [0, 0.05) is 37.1 Å². The van der Waals surface area contributed by atoms with Crippen molar-refractivity contribution >= 4 is 28.8 Å². The van der Waals surface area contributed by atoms with Crippen LogP contribution in [0.2, 0.25) is 0 Å². The fourth-order valence-electron chi connectivity index (χ4n) is 3.22. The van der Waals surface area contributed by atoms with Gasteiger partial charge >= 0.3 is 0 Å². The number of imide groups is 1. The molecule has 0 saturated carbocycles. The fourth-order valence-corrected chi connectivity index (χ4v) is 3.22. The van der Waals surface area contributed by atoms with Crippen molar-refractivity contribution in [1.29, 1.82) is 0 Å². The van der Waals surface area contributed by atoms with Gasteiger partial charge in [-0.2, -0.15) is 0 Å². The Morgan fingerprint density at radius 1 is 0.964 bits per heavy atom. The Kier molecular flexibility index (Phi) is 5.40. The highest BCUT2D eigenvalue weighted by Gasteiger charge is 2.41. The Bertz CT molecular complexity index is 930. The van der Waals surface area contributed by atoms with Crippen LogP contribution in [0.4, 0.5) is 11.4 Å². The number of ether oxygens (including phenoxy) is 1. The van der Waals surface area contributed by atoms with E-state index in [9.17, 15) is 9.59 Å². The molecule has 0 atom stereocenters. The molecule has 1 heterocycles. The number of amides is 2. The lowest BCUT2D eigenvalue weighted by Gasteiger charge is -2.19. The van der Waals surface area contributed by atoms with Gasteiger partial charge in [-0.3, -0.25) is 14.5 Å². The van der Waals surface area contributed by atoms with E-state index >= 15 is 0 Å². The highest BCUT2D eigenvalue weighted by atomic mass is 16.5. The number of carbonyl (C=O) groups is 2. The maximum Gasteiger partial charge on any atom is 0.278 e. The minimum atomic E-state index is -0.336. The number of methoxy groups -OCH3 is 1. The molecule has 0 radical (unpaired) electrons. The molecule has 3 rings (SSSR count). The van der Waals surface area contributed by atoms with Crippen molar-refractivity contribution < 1.29 is 14.3 Å². The van der Waals surface area contributed by atoms with Crippen LogP contribution in [0.15, 0.2) is 54.2 Å². The third-order valence-corrected chi connectivity index (χ3v) is 4.66. The SMILES string of the molecule is COc1ccccc1C1=C(Nc2ccc(N(C)C)cc2)C(=O)N(C(C)C)C1=O. The number of nitrogens with one attached hydrogen (secondary N) is 1. The van der Waals surface area contributed by atoms with Crippen LogP contribution in [-0.2, 0) is 9.59 Å². The molecule has 0 bridgehead atoms. The number of carbonyl (C=O) groups excluding carboxylic acids is 2. The largest absolute Gasteiger partial charge is 0.496 e. The summed E-state index contributed by atoms with van der Waals surface area (Å²) < 4.78 is 5.43. The first-order valence-electron chi connectivity index (χ1n) is 9.15. The minimum Gasteiger partial charge on any atom is -0.496 e. The molecule has 0 unspecified atom stereocenters. The molecule has 6 heteroatoms. The average molecular weight is 379 g/mol. The van der Waals surface area contributed by atoms with E-state index in [0.717, 1.165) is 11.4 Å². The third kappa shape index (κ3) is 3.45. The number of rotatable bonds is 6. The molecule has 0 aromatic heterocycles. The van der Waals surface area contributed by atoms with E-state index < -0.39 is 0 Å². The van der Waals surface area contributed by atoms with Crippen molar-refractivity contribution in [3.8, 4) is 5.75 Å². The summed E-state index contributed by atoms with van der Waals surface area (Å²) in [5.74, 6) is -0.110. The molecule has 2 aromatic carbocycles. The molecule has 6 nitrogen and oxygen atoms in total. The lowest BCUT2D eigenvalue weighted by Crippen LogP contribution is -2.38. The van der Waals surface area contributed by atoms with E-state index in [0.29, 0.717) is 16.9 Å². The third-order valence-electron chi connectivity index (χ3n) is 4.66. The lowest BCUT2D eigenvalue weighted by atomic mass is 10.0. The molecular weight excluding hydrogens is 354 g/mol. The van der Waals surface area contributed by atoms with Crippen molar-refractivity contribution in [1.82, 2.24) is 4.90 Å². The molecule has 0 spiro atoms. The summed E-state index contributed by atoms with van der Waals surface area (Å²) in [4.78, 5) is 29.4. The molecular formula is C22H25N3O3.